The number of fused-ring (bicyclic) bond motifs is 2. The lowest BCUT2D eigenvalue weighted by atomic mass is 9.78. The summed E-state index contributed by atoms with van der Waals surface area (Å²) in [6, 6.07) is 0. The van der Waals surface area contributed by atoms with E-state index in [0.717, 1.165) is 6.42 Å². The third-order valence-electron chi connectivity index (χ3n) is 3.86. The molecule has 0 radical (unpaired) electrons. The molecule has 0 aromatic carbocycles. The first-order valence-corrected chi connectivity index (χ1v) is 6.43. The molecule has 0 heterocycles. The zero-order valence-corrected chi connectivity index (χ0v) is 10.8. The van der Waals surface area contributed by atoms with Crippen LogP contribution in [0.2, 0.25) is 0 Å². The fraction of sp³-hybridized carbons (Fsp3) is 0.667. The van der Waals surface area contributed by atoms with Crippen molar-refractivity contribution in [2.45, 2.75) is 26.0 Å². The molecule has 100 valence electrons. The Kier molecular flexibility index (Phi) is 4.04. The van der Waals surface area contributed by atoms with Crippen molar-refractivity contribution in [3.05, 3.63) is 12.2 Å². The van der Waals surface area contributed by atoms with Gasteiger partial charge in [-0.05, 0) is 18.3 Å². The average Bonchev–Trinajstić information content (AvgIpc) is 2.94. The van der Waals surface area contributed by atoms with Crippen LogP contribution in [0.5, 0.6) is 0 Å². The van der Waals surface area contributed by atoms with E-state index in [1.165, 1.54) is 0 Å². The van der Waals surface area contributed by atoms with Gasteiger partial charge in [-0.25, -0.2) is 4.79 Å². The van der Waals surface area contributed by atoms with Gasteiger partial charge < -0.3 is 9.94 Å². The second-order valence-corrected chi connectivity index (χ2v) is 5.08. The van der Waals surface area contributed by atoms with Gasteiger partial charge in [0.1, 0.15) is 12.0 Å². The Balaban J connectivity index is 2.07. The molecular formula is C12H16ClNO4. The monoisotopic (exact) mass is 273 g/mol. The summed E-state index contributed by atoms with van der Waals surface area (Å²) in [5, 5.41) is 10.0. The first kappa shape index (κ1) is 13.5. The van der Waals surface area contributed by atoms with Crippen LogP contribution in [0.1, 0.15) is 19.8 Å². The van der Waals surface area contributed by atoms with Gasteiger partial charge in [0.15, 0.2) is 0 Å². The van der Waals surface area contributed by atoms with E-state index in [0.29, 0.717) is 6.42 Å². The second kappa shape index (κ2) is 5.38. The number of hydrogen-bond donors (Lipinski definition) is 2. The predicted molar refractivity (Wildman–Crippen MR) is 64.5 cm³/mol. The molecule has 2 bridgehead atoms. The number of nitrogens with one attached hydrogen (secondary N) is 1. The summed E-state index contributed by atoms with van der Waals surface area (Å²) >= 11 is 5.02. The highest BCUT2D eigenvalue weighted by molar-refractivity contribution is 6.61. The lowest BCUT2D eigenvalue weighted by molar-refractivity contribution is -0.129. The first-order valence-electron chi connectivity index (χ1n) is 6.05. The summed E-state index contributed by atoms with van der Waals surface area (Å²) < 4.78 is 0. The predicted octanol–water partition coefficient (Wildman–Crippen LogP) is 1.60. The molecule has 0 saturated heterocycles. The third kappa shape index (κ3) is 2.43. The minimum Gasteiger partial charge on any atom is -0.375 e. The van der Waals surface area contributed by atoms with E-state index < -0.39 is 11.7 Å². The molecule has 2 aliphatic rings. The lowest BCUT2D eigenvalue weighted by Gasteiger charge is -2.30. The van der Waals surface area contributed by atoms with Crippen LogP contribution in [0.4, 0.5) is 4.79 Å². The molecule has 0 aromatic heterocycles. The number of carbonyl (C=O) groups excluding carboxylic acids is 2. The quantitative estimate of drug-likeness (QED) is 0.344. The molecule has 2 aliphatic carbocycles. The van der Waals surface area contributed by atoms with E-state index in [-0.39, 0.29) is 29.5 Å². The molecule has 1 saturated carbocycles. The molecule has 1 fully saturated rings. The molecule has 5 nitrogen and oxygen atoms in total. The summed E-state index contributed by atoms with van der Waals surface area (Å²) in [6.45, 7) is 1.81. The van der Waals surface area contributed by atoms with Crippen LogP contribution in [0.3, 0.4) is 0 Å². The van der Waals surface area contributed by atoms with Crippen molar-refractivity contribution in [2.75, 3.05) is 0 Å². The first-order chi connectivity index (χ1) is 8.54. The average molecular weight is 274 g/mol. The zero-order valence-electron chi connectivity index (χ0n) is 10.0. The number of hydroxylamine groups is 1. The van der Waals surface area contributed by atoms with E-state index in [2.05, 4.69) is 10.3 Å². The Bertz CT molecular complexity index is 384. The van der Waals surface area contributed by atoms with Crippen LogP contribution >= 0.6 is 11.6 Å². The summed E-state index contributed by atoms with van der Waals surface area (Å²) in [4.78, 5) is 26.8. The Morgan fingerprint density at radius 2 is 2.17 bits per heavy atom. The van der Waals surface area contributed by atoms with Crippen LogP contribution < -0.4 is 5.48 Å². The number of aliphatic hydroxyl groups excluding tert-OH is 1. The fourth-order valence-electron chi connectivity index (χ4n) is 3.17. The highest BCUT2D eigenvalue weighted by Gasteiger charge is 2.50. The van der Waals surface area contributed by atoms with Crippen LogP contribution in [0, 0.1) is 23.7 Å². The third-order valence-corrected chi connectivity index (χ3v) is 3.94. The topological polar surface area (TPSA) is 75.6 Å². The van der Waals surface area contributed by atoms with Gasteiger partial charge in [0.05, 0.1) is 0 Å². The lowest BCUT2D eigenvalue weighted by Crippen LogP contribution is -2.44. The normalized spacial score (nSPS) is 34.6. The zero-order chi connectivity index (χ0) is 13.3. The molecule has 5 unspecified atom stereocenters. The van der Waals surface area contributed by atoms with Crippen LogP contribution in [-0.4, -0.2) is 22.5 Å². The van der Waals surface area contributed by atoms with Crippen LogP contribution in [0.15, 0.2) is 12.2 Å². The Morgan fingerprint density at radius 1 is 1.50 bits per heavy atom. The Labute approximate surface area is 110 Å². The van der Waals surface area contributed by atoms with Gasteiger partial charge in [0.2, 0.25) is 0 Å². The minimum absolute atomic E-state index is 0.134. The van der Waals surface area contributed by atoms with Gasteiger partial charge in [-0.2, -0.15) is 0 Å². The molecule has 18 heavy (non-hydrogen) atoms. The van der Waals surface area contributed by atoms with Gasteiger partial charge in [-0.1, -0.05) is 19.1 Å². The summed E-state index contributed by atoms with van der Waals surface area (Å²) in [6.07, 6.45) is 4.30. The van der Waals surface area contributed by atoms with Crippen molar-refractivity contribution in [1.29, 1.82) is 0 Å². The number of Topliss-reactive ketones (excluding diaryl/α,β-unsaturated/α-hetero) is 1. The van der Waals surface area contributed by atoms with Crippen molar-refractivity contribution in [3.63, 3.8) is 0 Å². The maximum Gasteiger partial charge on any atom is 0.422 e. The Hall–Kier alpha value is -0.910. The Morgan fingerprint density at radius 3 is 2.78 bits per heavy atom. The SMILES string of the molecule is CCC(=O)C1C2C=CC(C2)C1C(O)NOC(=O)Cl. The molecule has 0 aliphatic heterocycles. The largest absolute Gasteiger partial charge is 0.422 e. The number of aliphatic hydroxyl groups is 1. The molecule has 0 spiro atoms. The number of hydrogen-bond acceptors (Lipinski definition) is 5. The number of carbonyl (C=O) groups is 2. The van der Waals surface area contributed by atoms with Gasteiger partial charge >= 0.3 is 5.43 Å². The number of rotatable bonds is 5. The number of allylic oxidation sites excluding steroid dienone is 2. The minimum atomic E-state index is -1.08. The summed E-state index contributed by atoms with van der Waals surface area (Å²) in [5.74, 6) is 0.00234. The van der Waals surface area contributed by atoms with Crippen LogP contribution in [-0.2, 0) is 9.63 Å². The molecule has 5 atom stereocenters. The molecule has 2 N–H and O–H groups in total. The van der Waals surface area contributed by atoms with Gasteiger partial charge in [0.25, 0.3) is 0 Å². The van der Waals surface area contributed by atoms with Crippen LogP contribution in [0.25, 0.3) is 0 Å². The van der Waals surface area contributed by atoms with Crippen molar-refractivity contribution < 1.29 is 19.5 Å². The smallest absolute Gasteiger partial charge is 0.375 e. The van der Waals surface area contributed by atoms with Gasteiger partial charge in [-0.15, -0.1) is 5.48 Å². The number of ketones is 1. The molecule has 2 rings (SSSR count). The highest BCUT2D eigenvalue weighted by atomic mass is 35.5. The summed E-state index contributed by atoms with van der Waals surface area (Å²) in [7, 11) is 0. The van der Waals surface area contributed by atoms with E-state index >= 15 is 0 Å². The molecule has 0 amide bonds. The summed E-state index contributed by atoms with van der Waals surface area (Å²) in [5.41, 5.74) is 1.17. The van der Waals surface area contributed by atoms with Crippen molar-refractivity contribution in [3.8, 4) is 0 Å². The highest BCUT2D eigenvalue weighted by Crippen LogP contribution is 2.49. The maximum absolute atomic E-state index is 12.0. The fourth-order valence-corrected chi connectivity index (χ4v) is 3.21. The van der Waals surface area contributed by atoms with Crippen molar-refractivity contribution in [1.82, 2.24) is 5.48 Å². The van der Waals surface area contributed by atoms with E-state index in [1.807, 2.05) is 19.1 Å². The van der Waals surface area contributed by atoms with Crippen molar-refractivity contribution >= 4 is 22.8 Å². The maximum atomic E-state index is 12.0. The van der Waals surface area contributed by atoms with Crippen molar-refractivity contribution in [2.24, 2.45) is 23.7 Å². The van der Waals surface area contributed by atoms with E-state index in [9.17, 15) is 14.7 Å². The molecule has 6 heteroatoms. The molecule has 0 aromatic rings. The molecular weight excluding hydrogens is 258 g/mol. The van der Waals surface area contributed by atoms with E-state index in [1.54, 1.807) is 0 Å². The van der Waals surface area contributed by atoms with Gasteiger partial charge in [-0.3, -0.25) is 4.79 Å². The van der Waals surface area contributed by atoms with E-state index in [4.69, 9.17) is 11.6 Å². The number of halogens is 1. The van der Waals surface area contributed by atoms with Gasteiger partial charge in [0, 0.05) is 29.9 Å². The standard InChI is InChI=1S/C12H16ClNO4/c1-2-8(15)9-6-3-4-7(5-6)10(9)11(16)14-18-12(13)17/h3-4,6-7,9-11,14,16H,2,5H2,1H3. The second-order valence-electron chi connectivity index (χ2n) is 4.77.